The number of halogens is 3. The van der Waals surface area contributed by atoms with Gasteiger partial charge in [0.05, 0.1) is 0 Å². The number of nitrogens with zero attached hydrogens (tertiary/aromatic N) is 2. The van der Waals surface area contributed by atoms with E-state index in [-0.39, 0.29) is 6.54 Å². The van der Waals surface area contributed by atoms with Gasteiger partial charge in [0.25, 0.3) is 0 Å². The van der Waals surface area contributed by atoms with Crippen LogP contribution in [0, 0.1) is 20.8 Å². The third-order valence-corrected chi connectivity index (χ3v) is 3.18. The quantitative estimate of drug-likeness (QED) is 0.943. The number of alkyl halides is 3. The van der Waals surface area contributed by atoms with Crippen LogP contribution in [0.2, 0.25) is 0 Å². The van der Waals surface area contributed by atoms with Gasteiger partial charge in [0, 0.05) is 11.9 Å². The Morgan fingerprint density at radius 2 is 1.82 bits per heavy atom. The maximum atomic E-state index is 12.5. The number of benzene rings is 1. The molecule has 0 bridgehead atoms. The Bertz CT molecular complexity index is 681. The van der Waals surface area contributed by atoms with Gasteiger partial charge in [-0.15, -0.1) is 0 Å². The average Bonchev–Trinajstić information content (AvgIpc) is 2.82. The first-order chi connectivity index (χ1) is 10.2. The number of rotatable bonds is 3. The van der Waals surface area contributed by atoms with E-state index in [0.717, 1.165) is 33.6 Å². The van der Waals surface area contributed by atoms with Crippen molar-refractivity contribution in [2.24, 2.45) is 0 Å². The molecule has 1 aromatic heterocycles. The number of anilines is 1. The minimum Gasteiger partial charge on any atom is -0.324 e. The van der Waals surface area contributed by atoms with E-state index in [9.17, 15) is 18.0 Å². The first kappa shape index (κ1) is 16.1. The van der Waals surface area contributed by atoms with Crippen molar-refractivity contribution < 1.29 is 18.0 Å². The maximum Gasteiger partial charge on any atom is 0.435 e. The third kappa shape index (κ3) is 3.66. The highest BCUT2D eigenvalue weighted by atomic mass is 19.4. The van der Waals surface area contributed by atoms with Crippen LogP contribution in [0.25, 0.3) is 0 Å². The highest BCUT2D eigenvalue weighted by molar-refractivity contribution is 5.92. The van der Waals surface area contributed by atoms with E-state index in [2.05, 4.69) is 10.4 Å². The van der Waals surface area contributed by atoms with Crippen molar-refractivity contribution in [2.45, 2.75) is 33.5 Å². The van der Waals surface area contributed by atoms with E-state index in [1.165, 1.54) is 0 Å². The Balaban J connectivity index is 2.09. The number of hydrogen-bond donors (Lipinski definition) is 1. The van der Waals surface area contributed by atoms with E-state index >= 15 is 0 Å². The normalized spacial score (nSPS) is 11.5. The van der Waals surface area contributed by atoms with E-state index < -0.39 is 17.8 Å². The molecule has 0 radical (unpaired) electrons. The number of hydrogen-bond acceptors (Lipinski definition) is 2. The van der Waals surface area contributed by atoms with Crippen LogP contribution in [-0.4, -0.2) is 15.7 Å². The number of carbonyl (C=O) groups excluding carboxylic acids is 1. The summed E-state index contributed by atoms with van der Waals surface area (Å²) in [5.74, 6) is -0.424. The molecule has 1 N–H and O–H groups in total. The molecule has 0 atom stereocenters. The topological polar surface area (TPSA) is 46.9 Å². The molecule has 0 aliphatic heterocycles. The molecule has 0 unspecified atom stereocenters. The molecule has 118 valence electrons. The summed E-state index contributed by atoms with van der Waals surface area (Å²) < 4.78 is 38.3. The van der Waals surface area contributed by atoms with Crippen molar-refractivity contribution in [2.75, 3.05) is 5.32 Å². The summed E-state index contributed by atoms with van der Waals surface area (Å²) in [6, 6.07) is 4.70. The summed E-state index contributed by atoms with van der Waals surface area (Å²) in [4.78, 5) is 12.0. The van der Waals surface area contributed by atoms with Crippen LogP contribution in [0.1, 0.15) is 22.4 Å². The van der Waals surface area contributed by atoms with Gasteiger partial charge in [-0.2, -0.15) is 18.3 Å². The summed E-state index contributed by atoms with van der Waals surface area (Å²) in [7, 11) is 0. The van der Waals surface area contributed by atoms with Gasteiger partial charge >= 0.3 is 6.18 Å². The number of carbonyl (C=O) groups is 1. The molecular weight excluding hydrogens is 295 g/mol. The standard InChI is InChI=1S/C15H16F3N3O/c1-9-6-10(2)14(11(3)7-9)19-13(22)8-21-5-4-12(20-21)15(16,17)18/h4-7H,8H2,1-3H3,(H,19,22). The van der Waals surface area contributed by atoms with Crippen LogP contribution >= 0.6 is 0 Å². The Hall–Kier alpha value is -2.31. The van der Waals surface area contributed by atoms with Gasteiger partial charge in [0.15, 0.2) is 5.69 Å². The molecule has 4 nitrogen and oxygen atoms in total. The molecule has 0 saturated carbocycles. The SMILES string of the molecule is Cc1cc(C)c(NC(=O)Cn2ccc(C(F)(F)F)n2)c(C)c1. The monoisotopic (exact) mass is 311 g/mol. The first-order valence-electron chi connectivity index (χ1n) is 6.65. The van der Waals surface area contributed by atoms with Crippen LogP contribution in [0.5, 0.6) is 0 Å². The van der Waals surface area contributed by atoms with E-state index in [1.807, 2.05) is 32.9 Å². The lowest BCUT2D eigenvalue weighted by atomic mass is 10.1. The van der Waals surface area contributed by atoms with E-state index in [1.54, 1.807) is 0 Å². The molecule has 2 rings (SSSR count). The van der Waals surface area contributed by atoms with Crippen molar-refractivity contribution in [3.63, 3.8) is 0 Å². The van der Waals surface area contributed by atoms with Crippen molar-refractivity contribution in [1.29, 1.82) is 0 Å². The Kier molecular flexibility index (Phi) is 4.25. The number of aryl methyl sites for hydroxylation is 3. The first-order valence-corrected chi connectivity index (χ1v) is 6.65. The average molecular weight is 311 g/mol. The molecule has 2 aromatic rings. The van der Waals surface area contributed by atoms with Crippen molar-refractivity contribution >= 4 is 11.6 Å². The van der Waals surface area contributed by atoms with Gasteiger partial charge in [-0.25, -0.2) is 0 Å². The number of nitrogens with one attached hydrogen (secondary N) is 1. The fourth-order valence-electron chi connectivity index (χ4n) is 2.30. The molecule has 1 aromatic carbocycles. The lowest BCUT2D eigenvalue weighted by Crippen LogP contribution is -2.20. The summed E-state index contributed by atoms with van der Waals surface area (Å²) in [6.07, 6.45) is -3.37. The molecule has 7 heteroatoms. The molecule has 1 amide bonds. The Labute approximate surface area is 125 Å². The van der Waals surface area contributed by atoms with Crippen molar-refractivity contribution in [3.05, 3.63) is 46.8 Å². The smallest absolute Gasteiger partial charge is 0.324 e. The van der Waals surface area contributed by atoms with Gasteiger partial charge < -0.3 is 5.32 Å². The molecule has 0 spiro atoms. The van der Waals surface area contributed by atoms with Crippen LogP contribution in [-0.2, 0) is 17.5 Å². The van der Waals surface area contributed by atoms with Crippen LogP contribution < -0.4 is 5.32 Å². The molecule has 0 aliphatic carbocycles. The highest BCUT2D eigenvalue weighted by Crippen LogP contribution is 2.27. The molecule has 0 fully saturated rings. The van der Waals surface area contributed by atoms with Crippen LogP contribution in [0.15, 0.2) is 24.4 Å². The van der Waals surface area contributed by atoms with Gasteiger partial charge in [-0.1, -0.05) is 17.7 Å². The molecule has 1 heterocycles. The molecular formula is C15H16F3N3O. The summed E-state index contributed by atoms with van der Waals surface area (Å²) in [6.45, 7) is 5.41. The lowest BCUT2D eigenvalue weighted by molar-refractivity contribution is -0.141. The largest absolute Gasteiger partial charge is 0.435 e. The maximum absolute atomic E-state index is 12.5. The third-order valence-electron chi connectivity index (χ3n) is 3.18. The van der Waals surface area contributed by atoms with Crippen LogP contribution in [0.4, 0.5) is 18.9 Å². The molecule has 22 heavy (non-hydrogen) atoms. The lowest BCUT2D eigenvalue weighted by Gasteiger charge is -2.13. The van der Waals surface area contributed by atoms with E-state index in [0.29, 0.717) is 5.69 Å². The van der Waals surface area contributed by atoms with Gasteiger partial charge in [0.2, 0.25) is 5.91 Å². The van der Waals surface area contributed by atoms with Crippen molar-refractivity contribution in [3.8, 4) is 0 Å². The zero-order chi connectivity index (χ0) is 16.5. The fourth-order valence-corrected chi connectivity index (χ4v) is 2.30. The van der Waals surface area contributed by atoms with Crippen LogP contribution in [0.3, 0.4) is 0 Å². The van der Waals surface area contributed by atoms with E-state index in [4.69, 9.17) is 0 Å². The summed E-state index contributed by atoms with van der Waals surface area (Å²) in [5, 5.41) is 6.07. The van der Waals surface area contributed by atoms with Gasteiger partial charge in [0.1, 0.15) is 6.54 Å². The fraction of sp³-hybridized carbons (Fsp3) is 0.333. The predicted molar refractivity (Wildman–Crippen MR) is 76.5 cm³/mol. The van der Waals surface area contributed by atoms with Gasteiger partial charge in [-0.3, -0.25) is 9.48 Å². The molecule has 0 aliphatic rings. The Morgan fingerprint density at radius 3 is 2.32 bits per heavy atom. The predicted octanol–water partition coefficient (Wildman–Crippen LogP) is 3.47. The van der Waals surface area contributed by atoms with Gasteiger partial charge in [-0.05, 0) is 38.0 Å². The second-order valence-corrected chi connectivity index (χ2v) is 5.22. The summed E-state index contributed by atoms with van der Waals surface area (Å²) in [5.41, 5.74) is 2.56. The minimum absolute atomic E-state index is 0.275. The Morgan fingerprint density at radius 1 is 1.23 bits per heavy atom. The summed E-state index contributed by atoms with van der Waals surface area (Å²) >= 11 is 0. The minimum atomic E-state index is -4.51. The van der Waals surface area contributed by atoms with Crippen molar-refractivity contribution in [1.82, 2.24) is 9.78 Å². The zero-order valence-corrected chi connectivity index (χ0v) is 12.5. The zero-order valence-electron chi connectivity index (χ0n) is 12.5. The number of aromatic nitrogens is 2. The second-order valence-electron chi connectivity index (χ2n) is 5.22. The highest BCUT2D eigenvalue weighted by Gasteiger charge is 2.33. The second kappa shape index (κ2) is 5.82. The number of amides is 1. The molecule has 0 saturated heterocycles.